The van der Waals surface area contributed by atoms with Gasteiger partial charge in [-0.3, -0.25) is 15.1 Å². The van der Waals surface area contributed by atoms with Gasteiger partial charge in [0.05, 0.1) is 19.7 Å². The van der Waals surface area contributed by atoms with Gasteiger partial charge >= 0.3 is 0 Å². The number of ether oxygens (including phenoxy) is 4. The summed E-state index contributed by atoms with van der Waals surface area (Å²) in [7, 11) is 3.22. The number of carbonyl (C=O) groups is 1. The van der Waals surface area contributed by atoms with Crippen molar-refractivity contribution in [2.45, 2.75) is 37.6 Å². The monoisotopic (exact) mass is 538 g/mol. The molecule has 1 aromatic heterocycles. The van der Waals surface area contributed by atoms with Gasteiger partial charge in [0.2, 0.25) is 0 Å². The zero-order valence-electron chi connectivity index (χ0n) is 23.0. The van der Waals surface area contributed by atoms with Crippen LogP contribution in [0.3, 0.4) is 0 Å². The van der Waals surface area contributed by atoms with E-state index in [4.69, 9.17) is 23.9 Å². The van der Waals surface area contributed by atoms with Gasteiger partial charge in [0.15, 0.2) is 17.3 Å². The van der Waals surface area contributed by atoms with Gasteiger partial charge in [-0.2, -0.15) is 0 Å². The molecular formula is C33H34N2O5. The van der Waals surface area contributed by atoms with Crippen molar-refractivity contribution in [2.24, 2.45) is 0 Å². The largest absolute Gasteiger partial charge is 0.493 e. The molecule has 40 heavy (non-hydrogen) atoms. The van der Waals surface area contributed by atoms with Crippen LogP contribution in [0.2, 0.25) is 0 Å². The van der Waals surface area contributed by atoms with E-state index in [-0.39, 0.29) is 19.0 Å². The number of hydrogen-bond donors (Lipinski definition) is 1. The smallest absolute Gasteiger partial charge is 0.198 e. The number of Topliss-reactive ketones (excluding diaryl/α,β-unsaturated/α-hetero) is 1. The summed E-state index contributed by atoms with van der Waals surface area (Å²) in [4.78, 5) is 19.3. The molecule has 0 spiro atoms. The first-order valence-electron chi connectivity index (χ1n) is 13.9. The van der Waals surface area contributed by atoms with Crippen LogP contribution in [0.25, 0.3) is 10.9 Å². The first-order chi connectivity index (χ1) is 19.6. The van der Waals surface area contributed by atoms with E-state index < -0.39 is 5.54 Å². The number of pyridine rings is 1. The first-order valence-corrected chi connectivity index (χ1v) is 13.9. The Morgan fingerprint density at radius 2 is 1.65 bits per heavy atom. The molecule has 1 aliphatic heterocycles. The van der Waals surface area contributed by atoms with Gasteiger partial charge in [-0.15, -0.1) is 0 Å². The van der Waals surface area contributed by atoms with Gasteiger partial charge in [-0.1, -0.05) is 30.3 Å². The normalized spacial score (nSPS) is 17.9. The number of para-hydroxylation sites is 2. The molecule has 206 valence electrons. The number of rotatable bonds is 9. The van der Waals surface area contributed by atoms with Crippen LogP contribution in [0.15, 0.2) is 66.7 Å². The van der Waals surface area contributed by atoms with Gasteiger partial charge in [0, 0.05) is 23.2 Å². The molecule has 0 saturated heterocycles. The molecule has 6 rings (SSSR count). The Morgan fingerprint density at radius 3 is 2.48 bits per heavy atom. The second-order valence-corrected chi connectivity index (χ2v) is 10.4. The highest BCUT2D eigenvalue weighted by atomic mass is 16.5. The van der Waals surface area contributed by atoms with E-state index in [1.807, 2.05) is 66.7 Å². The topological polar surface area (TPSA) is 78.9 Å². The zero-order chi connectivity index (χ0) is 27.5. The molecule has 0 saturated carbocycles. The Balaban J connectivity index is 1.39. The van der Waals surface area contributed by atoms with E-state index in [1.54, 1.807) is 14.2 Å². The number of methoxy groups -OCH3 is 2. The highest BCUT2D eigenvalue weighted by Gasteiger charge is 2.45. The molecule has 0 bridgehead atoms. The van der Waals surface area contributed by atoms with E-state index in [9.17, 15) is 4.79 Å². The minimum absolute atomic E-state index is 0.108. The molecule has 1 unspecified atom stereocenters. The molecule has 0 radical (unpaired) electrons. The summed E-state index contributed by atoms with van der Waals surface area (Å²) in [5.41, 5.74) is 3.80. The minimum Gasteiger partial charge on any atom is -0.493 e. The quantitative estimate of drug-likeness (QED) is 0.314. The highest BCUT2D eigenvalue weighted by Crippen LogP contribution is 2.40. The van der Waals surface area contributed by atoms with Gasteiger partial charge in [0.25, 0.3) is 0 Å². The number of fused-ring (bicyclic) bond motifs is 3. The summed E-state index contributed by atoms with van der Waals surface area (Å²) in [6.45, 7) is 0.607. The maximum Gasteiger partial charge on any atom is 0.198 e. The third kappa shape index (κ3) is 4.75. The lowest BCUT2D eigenvalue weighted by Gasteiger charge is -2.39. The maximum atomic E-state index is 14.4. The van der Waals surface area contributed by atoms with Crippen molar-refractivity contribution >= 4 is 16.7 Å². The van der Waals surface area contributed by atoms with E-state index in [0.717, 1.165) is 71.1 Å². The van der Waals surface area contributed by atoms with Crippen molar-refractivity contribution in [3.8, 4) is 23.0 Å². The SMILES string of the molecule is COc1cc2c(cc1OC)C(COc1ccccc1)(C(=O)COc1c3c(nc4ccccc14)CCCC3)NCC2. The lowest BCUT2D eigenvalue weighted by molar-refractivity contribution is -0.129. The van der Waals surface area contributed by atoms with Crippen molar-refractivity contribution in [1.82, 2.24) is 10.3 Å². The van der Waals surface area contributed by atoms with Crippen LogP contribution >= 0.6 is 0 Å². The second kappa shape index (κ2) is 11.2. The zero-order valence-corrected chi connectivity index (χ0v) is 23.0. The molecular weight excluding hydrogens is 504 g/mol. The number of nitrogens with zero attached hydrogens (tertiary/aromatic N) is 1. The molecule has 1 N–H and O–H groups in total. The van der Waals surface area contributed by atoms with Crippen molar-refractivity contribution in [1.29, 1.82) is 0 Å². The highest BCUT2D eigenvalue weighted by molar-refractivity contribution is 5.93. The second-order valence-electron chi connectivity index (χ2n) is 10.4. The number of benzene rings is 3. The van der Waals surface area contributed by atoms with E-state index in [0.29, 0.717) is 23.8 Å². The Morgan fingerprint density at radius 1 is 0.900 bits per heavy atom. The average molecular weight is 539 g/mol. The molecule has 0 amide bonds. The van der Waals surface area contributed by atoms with Gasteiger partial charge in [-0.25, -0.2) is 0 Å². The van der Waals surface area contributed by atoms with E-state index >= 15 is 0 Å². The number of hydrogen-bond acceptors (Lipinski definition) is 7. The molecule has 1 atom stereocenters. The van der Waals surface area contributed by atoms with Gasteiger partial charge < -0.3 is 18.9 Å². The number of nitrogens with one attached hydrogen (secondary N) is 1. The lowest BCUT2D eigenvalue weighted by Crippen LogP contribution is -2.58. The average Bonchev–Trinajstić information content (AvgIpc) is 3.01. The Hall–Kier alpha value is -4.10. The molecule has 2 aliphatic rings. The molecule has 4 aromatic rings. The summed E-state index contributed by atoms with van der Waals surface area (Å²) in [6.07, 6.45) is 4.78. The van der Waals surface area contributed by atoms with Crippen LogP contribution in [-0.2, 0) is 29.6 Å². The number of aryl methyl sites for hydroxylation is 1. The molecule has 7 heteroatoms. The molecule has 7 nitrogen and oxygen atoms in total. The Labute approximate surface area is 234 Å². The summed E-state index contributed by atoms with van der Waals surface area (Å²) in [5, 5.41) is 4.46. The molecule has 0 fully saturated rings. The first kappa shape index (κ1) is 26.1. The van der Waals surface area contributed by atoms with Crippen molar-refractivity contribution < 1.29 is 23.7 Å². The van der Waals surface area contributed by atoms with E-state index in [2.05, 4.69) is 5.32 Å². The lowest BCUT2D eigenvalue weighted by atomic mass is 9.79. The fraction of sp³-hybridized carbons (Fsp3) is 0.333. The number of carbonyl (C=O) groups excluding carboxylic acids is 1. The third-order valence-electron chi connectivity index (χ3n) is 8.03. The van der Waals surface area contributed by atoms with E-state index in [1.165, 1.54) is 0 Å². The van der Waals surface area contributed by atoms with Crippen LogP contribution < -0.4 is 24.3 Å². The Kier molecular flexibility index (Phi) is 7.30. The van der Waals surface area contributed by atoms with Crippen LogP contribution in [0, 0.1) is 0 Å². The molecule has 1 aliphatic carbocycles. The Bertz CT molecular complexity index is 1540. The third-order valence-corrected chi connectivity index (χ3v) is 8.03. The predicted octanol–water partition coefficient (Wildman–Crippen LogP) is 5.20. The number of aromatic nitrogens is 1. The molecule has 2 heterocycles. The van der Waals surface area contributed by atoms with Crippen molar-refractivity contribution in [3.63, 3.8) is 0 Å². The van der Waals surface area contributed by atoms with Gasteiger partial charge in [0.1, 0.15) is 30.3 Å². The van der Waals surface area contributed by atoms with Crippen molar-refractivity contribution in [2.75, 3.05) is 34.0 Å². The molecule has 3 aromatic carbocycles. The van der Waals surface area contributed by atoms with Crippen LogP contribution in [0.5, 0.6) is 23.0 Å². The van der Waals surface area contributed by atoms with Crippen molar-refractivity contribution in [3.05, 3.63) is 89.1 Å². The van der Waals surface area contributed by atoms with Gasteiger partial charge in [-0.05, 0) is 79.6 Å². The fourth-order valence-corrected chi connectivity index (χ4v) is 5.95. The summed E-state index contributed by atoms with van der Waals surface area (Å²) < 4.78 is 23.9. The van der Waals surface area contributed by atoms with Crippen LogP contribution in [-0.4, -0.2) is 44.7 Å². The standard InChI is InChI=1S/C33H34N2O5/c1-37-29-18-22-16-17-34-33(26(22)19-30(29)38-2,21-40-23-10-4-3-5-11-23)31(36)20-39-32-24-12-6-8-14-27(24)35-28-15-9-7-13-25(28)32/h3-6,8,10-12,14,18-19,34H,7,9,13,15-17,20-21H2,1-2H3. The summed E-state index contributed by atoms with van der Waals surface area (Å²) >= 11 is 0. The van der Waals surface area contributed by atoms with Crippen LogP contribution in [0.1, 0.15) is 35.2 Å². The minimum atomic E-state index is -1.13. The maximum absolute atomic E-state index is 14.4. The summed E-state index contributed by atoms with van der Waals surface area (Å²) in [5.74, 6) is 2.56. The van der Waals surface area contributed by atoms with Crippen LogP contribution in [0.4, 0.5) is 0 Å². The summed E-state index contributed by atoms with van der Waals surface area (Å²) in [6, 6.07) is 21.4. The number of ketones is 1. The fourth-order valence-electron chi connectivity index (χ4n) is 5.95. The predicted molar refractivity (Wildman–Crippen MR) is 154 cm³/mol.